The number of amides is 1. The molecule has 0 unspecified atom stereocenters. The Kier molecular flexibility index (Phi) is 3.30. The highest BCUT2D eigenvalue weighted by Crippen LogP contribution is 2.34. The van der Waals surface area contributed by atoms with Crippen LogP contribution < -0.4 is 5.32 Å². The summed E-state index contributed by atoms with van der Waals surface area (Å²) >= 11 is 0. The van der Waals surface area contributed by atoms with Crippen LogP contribution in [0.1, 0.15) is 18.2 Å². The van der Waals surface area contributed by atoms with Crippen molar-refractivity contribution in [3.63, 3.8) is 0 Å². The van der Waals surface area contributed by atoms with E-state index in [0.29, 0.717) is 24.6 Å². The number of aromatic nitrogens is 5. The standard InChI is InChI=1S/C15H16N6O2/c1-20-11(5-7-16-20)13-10(6-9-23-13)14(22)17-15-19-18-12-4-2-3-8-21(12)15/h2-5,7-8,10,13H,6,9H2,1H3,(H,17,19,22)/t10-,13-/m1/s1. The molecule has 23 heavy (non-hydrogen) atoms. The first-order valence-corrected chi connectivity index (χ1v) is 7.44. The van der Waals surface area contributed by atoms with Crippen LogP contribution in [0.2, 0.25) is 0 Å². The second kappa shape index (κ2) is 5.47. The molecule has 0 aromatic carbocycles. The van der Waals surface area contributed by atoms with E-state index in [-0.39, 0.29) is 17.9 Å². The van der Waals surface area contributed by atoms with Gasteiger partial charge in [0.05, 0.1) is 11.6 Å². The Labute approximate surface area is 132 Å². The first-order valence-electron chi connectivity index (χ1n) is 7.44. The second-order valence-electron chi connectivity index (χ2n) is 5.51. The van der Waals surface area contributed by atoms with Crippen molar-refractivity contribution in [2.75, 3.05) is 11.9 Å². The van der Waals surface area contributed by atoms with E-state index in [2.05, 4.69) is 20.6 Å². The Morgan fingerprint density at radius 1 is 1.35 bits per heavy atom. The summed E-state index contributed by atoms with van der Waals surface area (Å²) in [5, 5.41) is 15.1. The third-order valence-corrected chi connectivity index (χ3v) is 4.13. The van der Waals surface area contributed by atoms with E-state index in [1.807, 2.05) is 37.5 Å². The molecule has 8 nitrogen and oxygen atoms in total. The molecule has 0 saturated carbocycles. The van der Waals surface area contributed by atoms with E-state index in [9.17, 15) is 4.79 Å². The van der Waals surface area contributed by atoms with Crippen molar-refractivity contribution in [1.82, 2.24) is 24.4 Å². The summed E-state index contributed by atoms with van der Waals surface area (Å²) in [6.07, 6.45) is 3.90. The maximum atomic E-state index is 12.7. The smallest absolute Gasteiger partial charge is 0.235 e. The maximum absolute atomic E-state index is 12.7. The van der Waals surface area contributed by atoms with Crippen molar-refractivity contribution in [2.24, 2.45) is 13.0 Å². The van der Waals surface area contributed by atoms with Crippen LogP contribution in [0, 0.1) is 5.92 Å². The molecule has 118 valence electrons. The first-order chi connectivity index (χ1) is 11.2. The van der Waals surface area contributed by atoms with Gasteiger partial charge in [-0.15, -0.1) is 10.2 Å². The zero-order chi connectivity index (χ0) is 15.8. The molecule has 4 rings (SSSR count). The third kappa shape index (κ3) is 2.36. The number of ether oxygens (including phenoxy) is 1. The quantitative estimate of drug-likeness (QED) is 0.785. The van der Waals surface area contributed by atoms with Crippen LogP contribution in [0.3, 0.4) is 0 Å². The van der Waals surface area contributed by atoms with Crippen LogP contribution >= 0.6 is 0 Å². The number of fused-ring (bicyclic) bond motifs is 1. The van der Waals surface area contributed by atoms with Crippen molar-refractivity contribution < 1.29 is 9.53 Å². The summed E-state index contributed by atoms with van der Waals surface area (Å²) in [4.78, 5) is 12.7. The molecule has 0 radical (unpaired) electrons. The van der Waals surface area contributed by atoms with Crippen LogP contribution in [0.4, 0.5) is 5.95 Å². The van der Waals surface area contributed by atoms with Crippen LogP contribution in [-0.2, 0) is 16.6 Å². The van der Waals surface area contributed by atoms with Crippen molar-refractivity contribution in [3.05, 3.63) is 42.4 Å². The predicted octanol–water partition coefficient (Wildman–Crippen LogP) is 1.18. The summed E-state index contributed by atoms with van der Waals surface area (Å²) in [6.45, 7) is 0.550. The number of rotatable bonds is 3. The molecule has 3 aromatic rings. The van der Waals surface area contributed by atoms with Crippen LogP contribution in [0.5, 0.6) is 0 Å². The largest absolute Gasteiger partial charge is 0.371 e. The molecule has 1 aliphatic heterocycles. The molecule has 1 saturated heterocycles. The van der Waals surface area contributed by atoms with Gasteiger partial charge in [-0.1, -0.05) is 6.07 Å². The van der Waals surface area contributed by atoms with Crippen molar-refractivity contribution >= 4 is 17.5 Å². The molecular weight excluding hydrogens is 296 g/mol. The van der Waals surface area contributed by atoms with Crippen LogP contribution in [0.25, 0.3) is 5.65 Å². The monoisotopic (exact) mass is 312 g/mol. The van der Waals surface area contributed by atoms with Gasteiger partial charge in [-0.2, -0.15) is 5.10 Å². The summed E-state index contributed by atoms with van der Waals surface area (Å²) < 4.78 is 9.24. The number of carbonyl (C=O) groups excluding carboxylic acids is 1. The van der Waals surface area contributed by atoms with E-state index in [0.717, 1.165) is 5.69 Å². The number of anilines is 1. The lowest BCUT2D eigenvalue weighted by Crippen LogP contribution is -2.27. The fraction of sp³-hybridized carbons (Fsp3) is 0.333. The zero-order valence-corrected chi connectivity index (χ0v) is 12.6. The molecule has 1 fully saturated rings. The fourth-order valence-electron chi connectivity index (χ4n) is 2.94. The zero-order valence-electron chi connectivity index (χ0n) is 12.6. The minimum absolute atomic E-state index is 0.119. The second-order valence-corrected chi connectivity index (χ2v) is 5.51. The lowest BCUT2D eigenvalue weighted by Gasteiger charge is -2.17. The maximum Gasteiger partial charge on any atom is 0.235 e. The molecule has 8 heteroatoms. The highest BCUT2D eigenvalue weighted by atomic mass is 16.5. The summed E-state index contributed by atoms with van der Waals surface area (Å²) in [5.74, 6) is 0.0228. The van der Waals surface area contributed by atoms with Gasteiger partial charge in [-0.3, -0.25) is 19.2 Å². The van der Waals surface area contributed by atoms with E-state index in [1.54, 1.807) is 15.3 Å². The number of pyridine rings is 1. The molecule has 1 amide bonds. The number of hydrogen-bond acceptors (Lipinski definition) is 5. The van der Waals surface area contributed by atoms with Gasteiger partial charge in [-0.05, 0) is 24.6 Å². The number of nitrogens with one attached hydrogen (secondary N) is 1. The molecule has 0 aliphatic carbocycles. The Bertz CT molecular complexity index is 854. The minimum atomic E-state index is -0.290. The van der Waals surface area contributed by atoms with E-state index in [4.69, 9.17) is 4.74 Å². The summed E-state index contributed by atoms with van der Waals surface area (Å²) in [7, 11) is 1.85. The minimum Gasteiger partial charge on any atom is -0.371 e. The SMILES string of the molecule is Cn1nccc1[C@@H]1OCC[C@H]1C(=O)Nc1nnc2ccccn12. The van der Waals surface area contributed by atoms with Gasteiger partial charge in [0.1, 0.15) is 6.10 Å². The molecular formula is C15H16N6O2. The van der Waals surface area contributed by atoms with Crippen molar-refractivity contribution in [3.8, 4) is 0 Å². The Morgan fingerprint density at radius 2 is 2.26 bits per heavy atom. The third-order valence-electron chi connectivity index (χ3n) is 4.13. The first kappa shape index (κ1) is 13.9. The van der Waals surface area contributed by atoms with Gasteiger partial charge < -0.3 is 4.74 Å². The van der Waals surface area contributed by atoms with Gasteiger partial charge in [-0.25, -0.2) is 0 Å². The molecule has 3 aromatic heterocycles. The Morgan fingerprint density at radius 3 is 3.09 bits per heavy atom. The Hall–Kier alpha value is -2.74. The van der Waals surface area contributed by atoms with Crippen LogP contribution in [0.15, 0.2) is 36.7 Å². The number of hydrogen-bond donors (Lipinski definition) is 1. The highest BCUT2D eigenvalue weighted by Gasteiger charge is 2.37. The van der Waals surface area contributed by atoms with Crippen molar-refractivity contribution in [1.29, 1.82) is 0 Å². The average molecular weight is 312 g/mol. The molecule has 4 heterocycles. The molecule has 1 N–H and O–H groups in total. The predicted molar refractivity (Wildman–Crippen MR) is 81.6 cm³/mol. The van der Waals surface area contributed by atoms with Gasteiger partial charge >= 0.3 is 0 Å². The van der Waals surface area contributed by atoms with Crippen LogP contribution in [-0.4, -0.2) is 36.9 Å². The van der Waals surface area contributed by atoms with Gasteiger partial charge in [0.25, 0.3) is 0 Å². The molecule has 0 bridgehead atoms. The highest BCUT2D eigenvalue weighted by molar-refractivity contribution is 5.92. The van der Waals surface area contributed by atoms with Gasteiger partial charge in [0.15, 0.2) is 5.65 Å². The van der Waals surface area contributed by atoms with E-state index in [1.165, 1.54) is 0 Å². The Balaban J connectivity index is 1.58. The number of carbonyl (C=O) groups is 1. The topological polar surface area (TPSA) is 86.3 Å². The summed E-state index contributed by atoms with van der Waals surface area (Å²) in [5.41, 5.74) is 1.59. The van der Waals surface area contributed by atoms with E-state index >= 15 is 0 Å². The molecule has 0 spiro atoms. The fourth-order valence-corrected chi connectivity index (χ4v) is 2.94. The van der Waals surface area contributed by atoms with Gasteiger partial charge in [0, 0.05) is 26.0 Å². The lowest BCUT2D eigenvalue weighted by molar-refractivity contribution is -0.121. The van der Waals surface area contributed by atoms with E-state index < -0.39 is 0 Å². The normalized spacial score (nSPS) is 20.9. The number of nitrogens with zero attached hydrogens (tertiary/aromatic N) is 5. The average Bonchev–Trinajstić information content (AvgIpc) is 3.27. The summed E-state index contributed by atoms with van der Waals surface area (Å²) in [6, 6.07) is 7.45. The van der Waals surface area contributed by atoms with Gasteiger partial charge in [0.2, 0.25) is 11.9 Å². The van der Waals surface area contributed by atoms with Crippen molar-refractivity contribution in [2.45, 2.75) is 12.5 Å². The lowest BCUT2D eigenvalue weighted by atomic mass is 9.98. The number of aryl methyl sites for hydroxylation is 1. The molecule has 2 atom stereocenters. The molecule has 1 aliphatic rings.